The highest BCUT2D eigenvalue weighted by atomic mass is 32.2. The first kappa shape index (κ1) is 30.6. The van der Waals surface area contributed by atoms with Crippen molar-refractivity contribution in [2.75, 3.05) is 35.4 Å². The number of rotatable bonds is 10. The Hall–Kier alpha value is -3.84. The Kier molecular flexibility index (Phi) is 8.57. The first-order valence-corrected chi connectivity index (χ1v) is 16.1. The lowest BCUT2D eigenvalue weighted by Gasteiger charge is -2.55. The molecule has 19 heteroatoms. The molecule has 3 atom stereocenters. The topological polar surface area (TPSA) is 256 Å². The molecule has 2 amide bonds. The fraction of sp³-hybridized carbons (Fsp3) is 0.500. The van der Waals surface area contributed by atoms with Crippen LogP contribution >= 0.6 is 34.9 Å². The highest BCUT2D eigenvalue weighted by Crippen LogP contribution is 2.44. The van der Waals surface area contributed by atoms with E-state index < -0.39 is 46.2 Å². The van der Waals surface area contributed by atoms with E-state index in [2.05, 4.69) is 20.4 Å². The second kappa shape index (κ2) is 12.0. The van der Waals surface area contributed by atoms with Gasteiger partial charge in [-0.2, -0.15) is 0 Å². The van der Waals surface area contributed by atoms with Crippen molar-refractivity contribution in [3.8, 4) is 0 Å². The van der Waals surface area contributed by atoms with Gasteiger partial charge in [0.15, 0.2) is 10.8 Å². The Labute approximate surface area is 257 Å². The normalized spacial score (nSPS) is 24.9. The van der Waals surface area contributed by atoms with Crippen molar-refractivity contribution in [1.29, 1.82) is 0 Å². The first-order valence-electron chi connectivity index (χ1n) is 13.2. The van der Waals surface area contributed by atoms with Crippen LogP contribution in [0.1, 0.15) is 37.8 Å². The summed E-state index contributed by atoms with van der Waals surface area (Å²) in [6.45, 7) is -0.147. The first-order chi connectivity index (χ1) is 20.4. The molecule has 0 bridgehead atoms. The van der Waals surface area contributed by atoms with E-state index in [9.17, 15) is 29.4 Å². The van der Waals surface area contributed by atoms with Gasteiger partial charge in [0.1, 0.15) is 23.3 Å². The minimum absolute atomic E-state index is 0.00817. The van der Waals surface area contributed by atoms with Gasteiger partial charge < -0.3 is 41.5 Å². The van der Waals surface area contributed by atoms with E-state index in [4.69, 9.17) is 22.1 Å². The number of carboxylic acids is 2. The van der Waals surface area contributed by atoms with E-state index in [-0.39, 0.29) is 53.2 Å². The number of nitrogen functional groups attached to an aromatic ring is 3. The van der Waals surface area contributed by atoms with Crippen LogP contribution in [-0.2, 0) is 24.0 Å². The van der Waals surface area contributed by atoms with Gasteiger partial charge in [-0.05, 0) is 29.6 Å². The summed E-state index contributed by atoms with van der Waals surface area (Å²) in [4.78, 5) is 66.0. The van der Waals surface area contributed by atoms with Gasteiger partial charge in [-0.15, -0.1) is 27.8 Å². The Morgan fingerprint density at radius 1 is 1.28 bits per heavy atom. The summed E-state index contributed by atoms with van der Waals surface area (Å²) in [5.41, 5.74) is 8.22. The SMILES string of the molecule is Nc1cc[n+](N)c(SCC2(C(=O)[O-])CS[C@@H]3C(NC(=O)C(=NOC4(C(=O)O)CCCCC4)c4csc(N)n4)C(=O)N3C2)n1. The van der Waals surface area contributed by atoms with Crippen LogP contribution < -0.4 is 32.4 Å². The predicted molar refractivity (Wildman–Crippen MR) is 155 cm³/mol. The van der Waals surface area contributed by atoms with Crippen LogP contribution in [0.2, 0.25) is 0 Å². The van der Waals surface area contributed by atoms with Crippen LogP contribution in [0.15, 0.2) is 28.0 Å². The summed E-state index contributed by atoms with van der Waals surface area (Å²) in [6, 6.07) is 0.509. The number of nitrogens with zero attached hydrogens (tertiary/aromatic N) is 5. The minimum Gasteiger partial charge on any atom is -0.549 e. The van der Waals surface area contributed by atoms with Gasteiger partial charge in [0.2, 0.25) is 17.3 Å². The average Bonchev–Trinajstić information content (AvgIpc) is 3.42. The van der Waals surface area contributed by atoms with Crippen LogP contribution in [0.3, 0.4) is 0 Å². The van der Waals surface area contributed by atoms with Gasteiger partial charge in [-0.25, -0.2) is 9.78 Å². The standard InChI is InChI=1S/C24H29N9O7S3/c25-13-4-7-33(27)22(29-13)43-11-23(19(36)37)9-32-17(35)15(18(32)42-10-23)30-16(34)14(12-8-41-21(26)28-12)31-40-24(20(38)39)5-2-1-3-6-24/h4,7-8,15,18,25H,1-3,5-6,9-11,27H2,(H5,26,28,30,34,36,37,38,39)/t15?,18-,23?/m1/s1. The maximum Gasteiger partial charge on any atom is 0.384 e. The fourth-order valence-electron chi connectivity index (χ4n) is 5.04. The molecule has 3 aliphatic rings. The number of hydrogen-bond acceptors (Lipinski definition) is 15. The molecular formula is C24H29N9O7S3. The van der Waals surface area contributed by atoms with Crippen LogP contribution in [0.5, 0.6) is 0 Å². The summed E-state index contributed by atoms with van der Waals surface area (Å²) in [7, 11) is 0. The highest BCUT2D eigenvalue weighted by molar-refractivity contribution is 8.00. The van der Waals surface area contributed by atoms with Gasteiger partial charge in [-0.1, -0.05) is 11.6 Å². The monoisotopic (exact) mass is 651 g/mol. The highest BCUT2D eigenvalue weighted by Gasteiger charge is 2.56. The molecule has 1 saturated carbocycles. The van der Waals surface area contributed by atoms with Crippen molar-refractivity contribution >= 4 is 75.3 Å². The van der Waals surface area contributed by atoms with Gasteiger partial charge >= 0.3 is 11.1 Å². The van der Waals surface area contributed by atoms with Crippen LogP contribution in [-0.4, -0.2) is 84.5 Å². The fourth-order valence-corrected chi connectivity index (χ4v) is 8.35. The molecule has 1 aliphatic carbocycles. The van der Waals surface area contributed by atoms with E-state index in [0.29, 0.717) is 18.0 Å². The molecule has 2 aromatic rings. The Morgan fingerprint density at radius 3 is 2.67 bits per heavy atom. The molecule has 16 nitrogen and oxygen atoms in total. The molecule has 5 rings (SSSR count). The van der Waals surface area contributed by atoms with Gasteiger partial charge in [0.25, 0.3) is 5.91 Å². The summed E-state index contributed by atoms with van der Waals surface area (Å²) < 4.78 is 1.22. The Balaban J connectivity index is 1.29. The molecule has 2 saturated heterocycles. The molecule has 230 valence electrons. The largest absolute Gasteiger partial charge is 0.549 e. The number of aromatic nitrogens is 3. The van der Waals surface area contributed by atoms with Gasteiger partial charge in [-0.3, -0.25) is 15.4 Å². The average molecular weight is 652 g/mol. The maximum absolute atomic E-state index is 13.4. The molecule has 43 heavy (non-hydrogen) atoms. The molecular weight excluding hydrogens is 623 g/mol. The zero-order chi connectivity index (χ0) is 30.9. The van der Waals surface area contributed by atoms with E-state index in [1.807, 2.05) is 0 Å². The lowest BCUT2D eigenvalue weighted by Crippen LogP contribution is -2.75. The number of β-lactam (4-membered cyclic amide) rings is 1. The summed E-state index contributed by atoms with van der Waals surface area (Å²) in [6.07, 6.45) is 4.07. The number of carbonyl (C=O) groups excluding carboxylic acids is 3. The molecule has 8 N–H and O–H groups in total. The zero-order valence-electron chi connectivity index (χ0n) is 22.6. The number of fused-ring (bicyclic) bond motifs is 1. The zero-order valence-corrected chi connectivity index (χ0v) is 25.1. The van der Waals surface area contributed by atoms with Crippen molar-refractivity contribution < 1.29 is 38.9 Å². The second-order valence-corrected chi connectivity index (χ2v) is 13.4. The molecule has 0 aromatic carbocycles. The second-order valence-electron chi connectivity index (χ2n) is 10.5. The third-order valence-corrected chi connectivity index (χ3v) is 11.1. The van der Waals surface area contributed by atoms with Crippen molar-refractivity contribution in [2.45, 2.75) is 54.3 Å². The number of amides is 2. The van der Waals surface area contributed by atoms with E-state index in [1.165, 1.54) is 39.0 Å². The predicted octanol–water partition coefficient (Wildman–Crippen LogP) is -1.86. The lowest BCUT2D eigenvalue weighted by molar-refractivity contribution is -0.682. The molecule has 2 unspecified atom stereocenters. The van der Waals surface area contributed by atoms with Crippen molar-refractivity contribution in [3.63, 3.8) is 0 Å². The maximum atomic E-state index is 13.4. The van der Waals surface area contributed by atoms with Crippen molar-refractivity contribution in [3.05, 3.63) is 23.3 Å². The van der Waals surface area contributed by atoms with Gasteiger partial charge in [0.05, 0.1) is 5.97 Å². The number of thiazole rings is 1. The molecule has 2 aliphatic heterocycles. The number of carbonyl (C=O) groups is 4. The third-order valence-electron chi connectivity index (χ3n) is 7.54. The number of thioether (sulfide) groups is 2. The number of hydrogen-bond donors (Lipinski definition) is 5. The molecule has 2 aromatic heterocycles. The third kappa shape index (κ3) is 6.00. The number of aliphatic carboxylic acids is 2. The van der Waals surface area contributed by atoms with Crippen LogP contribution in [0.4, 0.5) is 10.9 Å². The van der Waals surface area contributed by atoms with Crippen molar-refractivity contribution in [1.82, 2.24) is 20.2 Å². The quantitative estimate of drug-likeness (QED) is 0.0359. The number of carboxylic acid groups (broad SMARTS) is 2. The number of oxime groups is 1. The van der Waals surface area contributed by atoms with Gasteiger partial charge in [0, 0.05) is 47.8 Å². The number of nitrogens with one attached hydrogen (secondary N) is 1. The number of anilines is 2. The molecule has 0 spiro atoms. The van der Waals surface area contributed by atoms with Crippen molar-refractivity contribution in [2.24, 2.45) is 10.6 Å². The lowest BCUT2D eigenvalue weighted by atomic mass is 9.85. The smallest absolute Gasteiger partial charge is 0.384 e. The summed E-state index contributed by atoms with van der Waals surface area (Å²) in [5, 5.41) is 30.1. The molecule has 0 radical (unpaired) electrons. The summed E-state index contributed by atoms with van der Waals surface area (Å²) >= 11 is 3.31. The molecule has 4 heterocycles. The minimum atomic E-state index is -1.58. The molecule has 3 fully saturated rings. The van der Waals surface area contributed by atoms with Crippen LogP contribution in [0.25, 0.3) is 0 Å². The number of nitrogens with two attached hydrogens (primary N) is 3. The van der Waals surface area contributed by atoms with E-state index in [0.717, 1.165) is 29.5 Å². The summed E-state index contributed by atoms with van der Waals surface area (Å²) in [5.74, 6) is 2.36. The van der Waals surface area contributed by atoms with E-state index >= 15 is 0 Å². The Morgan fingerprint density at radius 2 is 2.02 bits per heavy atom. The Bertz CT molecular complexity index is 1480. The van der Waals surface area contributed by atoms with Crippen LogP contribution in [0, 0.1) is 5.41 Å². The van der Waals surface area contributed by atoms with E-state index in [1.54, 1.807) is 0 Å².